The molecule has 0 amide bonds. The number of nitrogens with zero attached hydrogens (tertiary/aromatic N) is 1. The summed E-state index contributed by atoms with van der Waals surface area (Å²) in [5, 5.41) is 15.6. The maximum absolute atomic E-state index is 11.7. The molecule has 0 aliphatic rings. The van der Waals surface area contributed by atoms with Crippen molar-refractivity contribution in [1.82, 2.24) is 4.98 Å². The Hall–Kier alpha value is -3.27. The third-order valence-electron chi connectivity index (χ3n) is 10.3. The minimum absolute atomic E-state index is 0. The summed E-state index contributed by atoms with van der Waals surface area (Å²) in [7, 11) is 0. The number of aliphatic hydroxyl groups excluding tert-OH is 1. The molecule has 4 aromatic carbocycles. The second kappa shape index (κ2) is 17.9. The molecule has 0 unspecified atom stereocenters. The standard InChI is InChI=1S/C34H34NOSe.C13H24O2.Ir/c1-20(2)15-24-12-10-14-27-31-32(25-18-23-11-8-9-13-26(23)29(19-25)37(5,6)7)35-28-17-21(3)16-22(4)30(28)34(31)36-33(24)27;1-5-10(6-2)12(14)9-13(15)11(7-3)8-4;/h8-14,16-17,19-20H,15H2,1-7H3;9-11,14H,5-8H2,1-4H3;/q-1;;/b;12-9-;. The maximum atomic E-state index is 11.7. The number of fused-ring (bicyclic) bond motifs is 6. The topological polar surface area (TPSA) is 63.3 Å². The molecule has 53 heavy (non-hydrogen) atoms. The molecule has 0 saturated carbocycles. The van der Waals surface area contributed by atoms with Crippen molar-refractivity contribution in [3.8, 4) is 11.3 Å². The zero-order valence-corrected chi connectivity index (χ0v) is 37.7. The summed E-state index contributed by atoms with van der Waals surface area (Å²) >= 11 is -1.84. The van der Waals surface area contributed by atoms with Gasteiger partial charge in [-0.2, -0.15) is 0 Å². The smallest absolute Gasteiger partial charge is 0 e. The van der Waals surface area contributed by atoms with Crippen LogP contribution in [0.1, 0.15) is 83.9 Å². The second-order valence-electron chi connectivity index (χ2n) is 15.6. The molecule has 0 fully saturated rings. The summed E-state index contributed by atoms with van der Waals surface area (Å²) < 4.78 is 8.28. The molecule has 6 aromatic rings. The number of carbonyl (C=O) groups excluding carboxylic acids is 1. The number of hydrogen-bond acceptors (Lipinski definition) is 4. The number of hydrogen-bond donors (Lipinski definition) is 1. The Labute approximate surface area is 333 Å². The SMILES string of the molecule is CCC(CC)C(=O)/C=C(\O)C(CC)CC.Cc1cc(C)c2c(c1)nc(-c1[c-]c3ccccc3c([Se](C)(C)C)c1)c1c3cccc(CC(C)C)c3oc21.[Ir]. The van der Waals surface area contributed by atoms with Gasteiger partial charge >= 0.3 is 222 Å². The first kappa shape index (κ1) is 42.5. The van der Waals surface area contributed by atoms with Crippen molar-refractivity contribution in [2.24, 2.45) is 17.8 Å². The van der Waals surface area contributed by atoms with Gasteiger partial charge in [0.2, 0.25) is 0 Å². The predicted octanol–water partition coefficient (Wildman–Crippen LogP) is 13.0. The van der Waals surface area contributed by atoms with Crippen LogP contribution in [-0.4, -0.2) is 28.7 Å². The number of benzene rings is 4. The van der Waals surface area contributed by atoms with Gasteiger partial charge in [-0.05, 0) is 25.7 Å². The fourth-order valence-corrected chi connectivity index (χ4v) is 10.2. The van der Waals surface area contributed by atoms with Crippen LogP contribution < -0.4 is 4.46 Å². The Kier molecular flexibility index (Phi) is 14.4. The van der Waals surface area contributed by atoms with E-state index in [2.05, 4.69) is 112 Å². The Morgan fingerprint density at radius 2 is 1.49 bits per heavy atom. The van der Waals surface area contributed by atoms with E-state index < -0.39 is 12.8 Å². The number of ketones is 1. The maximum Gasteiger partial charge on any atom is 0 e. The molecule has 2 heterocycles. The van der Waals surface area contributed by atoms with Crippen LogP contribution in [0.2, 0.25) is 17.5 Å². The van der Waals surface area contributed by atoms with Crippen LogP contribution >= 0.6 is 0 Å². The summed E-state index contributed by atoms with van der Waals surface area (Å²) in [6.07, 6.45) is 5.89. The van der Waals surface area contributed by atoms with Crippen molar-refractivity contribution in [3.63, 3.8) is 0 Å². The molecule has 0 atom stereocenters. The number of aliphatic hydroxyl groups is 1. The number of pyridine rings is 1. The van der Waals surface area contributed by atoms with Gasteiger partial charge in [0.1, 0.15) is 0 Å². The molecule has 0 aliphatic carbocycles. The number of aryl methyl sites for hydroxylation is 2. The molecule has 6 heteroatoms. The zero-order valence-electron chi connectivity index (χ0n) is 33.6. The van der Waals surface area contributed by atoms with Gasteiger partial charge in [0.05, 0.1) is 5.76 Å². The predicted molar refractivity (Wildman–Crippen MR) is 226 cm³/mol. The molecule has 0 aliphatic heterocycles. The van der Waals surface area contributed by atoms with Gasteiger partial charge in [-0.25, -0.2) is 0 Å². The Morgan fingerprint density at radius 1 is 0.849 bits per heavy atom. The molecule has 0 spiro atoms. The van der Waals surface area contributed by atoms with Crippen LogP contribution in [-0.2, 0) is 31.3 Å². The summed E-state index contributed by atoms with van der Waals surface area (Å²) in [4.78, 5) is 17.1. The van der Waals surface area contributed by atoms with Gasteiger partial charge in [-0.15, -0.1) is 0 Å². The summed E-state index contributed by atoms with van der Waals surface area (Å²) in [5.41, 5.74) is 8.64. The van der Waals surface area contributed by atoms with E-state index in [9.17, 15) is 9.90 Å². The minimum atomic E-state index is -1.84. The number of rotatable bonds is 11. The first-order chi connectivity index (χ1) is 24.7. The number of aromatic nitrogens is 1. The number of allylic oxidation sites excluding steroid dienone is 2. The average Bonchev–Trinajstić information content (AvgIpc) is 3.48. The molecule has 6 rings (SSSR count). The molecule has 2 aromatic heterocycles. The van der Waals surface area contributed by atoms with Gasteiger partial charge < -0.3 is 5.11 Å². The fraction of sp³-hybridized carbons (Fsp3) is 0.404. The van der Waals surface area contributed by atoms with Crippen LogP contribution in [0.25, 0.3) is 54.9 Å². The van der Waals surface area contributed by atoms with Crippen LogP contribution in [0.3, 0.4) is 0 Å². The molecule has 0 saturated heterocycles. The largest absolute Gasteiger partial charge is 0 e. The molecular formula is C47H58IrNO3Se-. The van der Waals surface area contributed by atoms with Gasteiger partial charge in [-0.1, -0.05) is 27.7 Å². The molecule has 285 valence electrons. The molecule has 4 nitrogen and oxygen atoms in total. The first-order valence-electron chi connectivity index (χ1n) is 19.0. The van der Waals surface area contributed by atoms with E-state index in [0.717, 1.165) is 81.6 Å². The molecule has 0 bridgehead atoms. The van der Waals surface area contributed by atoms with Crippen molar-refractivity contribution in [2.75, 3.05) is 0 Å². The van der Waals surface area contributed by atoms with Gasteiger partial charge in [-0.3, -0.25) is 4.79 Å². The summed E-state index contributed by atoms with van der Waals surface area (Å²) in [6.45, 7) is 16.9. The Morgan fingerprint density at radius 3 is 2.11 bits per heavy atom. The van der Waals surface area contributed by atoms with Crippen molar-refractivity contribution >= 4 is 66.7 Å². The first-order valence-corrected chi connectivity index (χ1v) is 25.0. The van der Waals surface area contributed by atoms with Crippen LogP contribution in [0.5, 0.6) is 0 Å². The summed E-state index contributed by atoms with van der Waals surface area (Å²) in [6, 6.07) is 25.8. The number of furan rings is 1. The van der Waals surface area contributed by atoms with Crippen LogP contribution in [0, 0.1) is 37.7 Å². The van der Waals surface area contributed by atoms with E-state index in [4.69, 9.17) is 9.40 Å². The molecular weight excluding hydrogens is 898 g/mol. The monoisotopic (exact) mass is 957 g/mol. The summed E-state index contributed by atoms with van der Waals surface area (Å²) in [5.74, 6) is 8.40. The van der Waals surface area contributed by atoms with Gasteiger partial charge in [0, 0.05) is 38.0 Å². The van der Waals surface area contributed by atoms with E-state index in [1.54, 1.807) is 0 Å². The van der Waals surface area contributed by atoms with E-state index in [1.807, 2.05) is 27.7 Å². The quantitative estimate of drug-likeness (QED) is 0.0608. The molecule has 1 radical (unpaired) electrons. The van der Waals surface area contributed by atoms with Crippen LogP contribution in [0.15, 0.2) is 76.9 Å². The van der Waals surface area contributed by atoms with Gasteiger partial charge in [0.15, 0.2) is 5.78 Å². The van der Waals surface area contributed by atoms with E-state index in [0.29, 0.717) is 5.92 Å². The molecule has 1 N–H and O–H groups in total. The van der Waals surface area contributed by atoms with Gasteiger partial charge in [0.25, 0.3) is 0 Å². The van der Waals surface area contributed by atoms with E-state index >= 15 is 0 Å². The Balaban J connectivity index is 0.000000335. The number of carbonyl (C=O) groups is 1. The minimum Gasteiger partial charge on any atom is 0 e. The van der Waals surface area contributed by atoms with Crippen molar-refractivity contribution in [2.45, 2.75) is 105 Å². The van der Waals surface area contributed by atoms with E-state index in [1.165, 1.54) is 32.6 Å². The third kappa shape index (κ3) is 9.17. The second-order valence-corrected chi connectivity index (χ2v) is 24.2. The van der Waals surface area contributed by atoms with E-state index in [-0.39, 0.29) is 43.5 Å². The normalized spacial score (nSPS) is 12.6. The third-order valence-corrected chi connectivity index (χ3v) is 13.8. The Bertz CT molecular complexity index is 2250. The number of para-hydroxylation sites is 1. The van der Waals surface area contributed by atoms with Crippen LogP contribution in [0.4, 0.5) is 0 Å². The zero-order chi connectivity index (χ0) is 37.9. The van der Waals surface area contributed by atoms with Crippen molar-refractivity contribution in [3.05, 3.63) is 95.3 Å². The van der Waals surface area contributed by atoms with Crippen molar-refractivity contribution in [1.29, 1.82) is 0 Å². The van der Waals surface area contributed by atoms with Crippen molar-refractivity contribution < 1.29 is 34.4 Å². The fourth-order valence-electron chi connectivity index (χ4n) is 7.50. The average molecular weight is 956 g/mol.